The Balaban J connectivity index is 2.43. The molecule has 1 atom stereocenters. The molecule has 1 aromatic rings. The highest BCUT2D eigenvalue weighted by Gasteiger charge is 2.45. The van der Waals surface area contributed by atoms with Crippen LogP contribution >= 0.6 is 0 Å². The molecule has 0 saturated carbocycles. The molecule has 4 heteroatoms. The second-order valence-electron chi connectivity index (χ2n) is 4.68. The van der Waals surface area contributed by atoms with Gasteiger partial charge in [0.1, 0.15) is 6.04 Å². The maximum atomic E-state index is 12.3. The van der Waals surface area contributed by atoms with Crippen molar-refractivity contribution in [2.45, 2.75) is 32.9 Å². The minimum absolute atomic E-state index is 0.00297. The number of amides is 3. The summed E-state index contributed by atoms with van der Waals surface area (Å²) in [5.74, 6) is -0.123. The van der Waals surface area contributed by atoms with Crippen LogP contribution in [0.5, 0.6) is 0 Å². The molecule has 1 saturated heterocycles. The number of urea groups is 1. The average molecular weight is 246 g/mol. The molecule has 0 spiro atoms. The van der Waals surface area contributed by atoms with Crippen LogP contribution in [0.2, 0.25) is 0 Å². The van der Waals surface area contributed by atoms with Crippen molar-refractivity contribution in [2.24, 2.45) is 0 Å². The van der Waals surface area contributed by atoms with Crippen LogP contribution in [0.3, 0.4) is 0 Å². The first-order chi connectivity index (χ1) is 8.57. The van der Waals surface area contributed by atoms with Gasteiger partial charge in [0.2, 0.25) is 0 Å². The largest absolute Gasteiger partial charge is 0.327 e. The summed E-state index contributed by atoms with van der Waals surface area (Å²) in [4.78, 5) is 27.5. The van der Waals surface area contributed by atoms with Crippen molar-refractivity contribution in [2.75, 3.05) is 6.54 Å². The van der Waals surface area contributed by atoms with Gasteiger partial charge in [0, 0.05) is 12.6 Å². The number of hydrogen-bond donors (Lipinski definition) is 0. The van der Waals surface area contributed by atoms with Gasteiger partial charge in [0.25, 0.3) is 5.91 Å². The fraction of sp³-hybridized carbons (Fsp3) is 0.429. The lowest BCUT2D eigenvalue weighted by atomic mass is 10.0. The Morgan fingerprint density at radius 2 is 1.78 bits per heavy atom. The predicted molar refractivity (Wildman–Crippen MR) is 68.9 cm³/mol. The van der Waals surface area contributed by atoms with Crippen LogP contribution in [0.15, 0.2) is 30.3 Å². The third-order valence-corrected chi connectivity index (χ3v) is 3.22. The van der Waals surface area contributed by atoms with Gasteiger partial charge in [0.15, 0.2) is 0 Å². The van der Waals surface area contributed by atoms with Gasteiger partial charge in [-0.05, 0) is 26.3 Å². The van der Waals surface area contributed by atoms with Crippen LogP contribution in [-0.4, -0.2) is 34.3 Å². The lowest BCUT2D eigenvalue weighted by Gasteiger charge is -2.25. The molecule has 1 fully saturated rings. The second kappa shape index (κ2) is 4.80. The lowest BCUT2D eigenvalue weighted by molar-refractivity contribution is -0.128. The third kappa shape index (κ3) is 1.88. The van der Waals surface area contributed by atoms with E-state index in [1.165, 1.54) is 4.90 Å². The minimum atomic E-state index is -0.473. The van der Waals surface area contributed by atoms with E-state index in [9.17, 15) is 9.59 Å². The Bertz CT molecular complexity index is 456. The molecular weight excluding hydrogens is 228 g/mol. The second-order valence-corrected chi connectivity index (χ2v) is 4.68. The summed E-state index contributed by atoms with van der Waals surface area (Å²) in [6, 6.07) is 8.81. The number of likely N-dealkylation sites (N-methyl/N-ethyl adjacent to an activating group) is 1. The molecule has 2 rings (SSSR count). The van der Waals surface area contributed by atoms with Crippen molar-refractivity contribution in [3.05, 3.63) is 35.9 Å². The zero-order valence-electron chi connectivity index (χ0n) is 11.0. The van der Waals surface area contributed by atoms with E-state index in [1.807, 2.05) is 51.1 Å². The van der Waals surface area contributed by atoms with Gasteiger partial charge < -0.3 is 4.90 Å². The normalized spacial score (nSPS) is 20.1. The Hall–Kier alpha value is -1.84. The molecule has 1 aliphatic rings. The first-order valence-corrected chi connectivity index (χ1v) is 6.26. The van der Waals surface area contributed by atoms with Crippen molar-refractivity contribution in [1.82, 2.24) is 9.80 Å². The third-order valence-electron chi connectivity index (χ3n) is 3.22. The number of hydrogen-bond acceptors (Lipinski definition) is 2. The van der Waals surface area contributed by atoms with Crippen molar-refractivity contribution >= 4 is 11.9 Å². The van der Waals surface area contributed by atoms with E-state index >= 15 is 0 Å². The van der Waals surface area contributed by atoms with Crippen LogP contribution in [0.25, 0.3) is 0 Å². The van der Waals surface area contributed by atoms with Gasteiger partial charge in [-0.1, -0.05) is 30.3 Å². The lowest BCUT2D eigenvalue weighted by Crippen LogP contribution is -2.37. The Kier molecular flexibility index (Phi) is 3.36. The van der Waals surface area contributed by atoms with Gasteiger partial charge in [-0.25, -0.2) is 4.79 Å². The number of rotatable bonds is 3. The van der Waals surface area contributed by atoms with E-state index in [-0.39, 0.29) is 18.0 Å². The standard InChI is InChI=1S/C14H18N2O2/c1-4-15-13(17)12(11-8-6-5-7-9-11)16(10(2)3)14(15)18/h5-10,12H,4H2,1-3H3. The molecule has 3 amide bonds. The van der Waals surface area contributed by atoms with E-state index < -0.39 is 6.04 Å². The van der Waals surface area contributed by atoms with Crippen molar-refractivity contribution in [3.63, 3.8) is 0 Å². The van der Waals surface area contributed by atoms with E-state index in [0.717, 1.165) is 5.56 Å². The van der Waals surface area contributed by atoms with Crippen molar-refractivity contribution in [3.8, 4) is 0 Å². The van der Waals surface area contributed by atoms with E-state index in [4.69, 9.17) is 0 Å². The van der Waals surface area contributed by atoms with E-state index in [1.54, 1.807) is 4.90 Å². The highest BCUT2D eigenvalue weighted by atomic mass is 16.2. The Morgan fingerprint density at radius 3 is 2.28 bits per heavy atom. The summed E-state index contributed by atoms with van der Waals surface area (Å²) >= 11 is 0. The van der Waals surface area contributed by atoms with Crippen molar-refractivity contribution in [1.29, 1.82) is 0 Å². The summed E-state index contributed by atoms with van der Waals surface area (Å²) in [5.41, 5.74) is 0.875. The van der Waals surface area contributed by atoms with Crippen LogP contribution in [0.4, 0.5) is 4.79 Å². The molecular formula is C14H18N2O2. The highest BCUT2D eigenvalue weighted by molar-refractivity contribution is 6.04. The Morgan fingerprint density at radius 1 is 1.17 bits per heavy atom. The van der Waals surface area contributed by atoms with Crippen LogP contribution in [-0.2, 0) is 4.79 Å². The fourth-order valence-electron chi connectivity index (χ4n) is 2.36. The summed E-state index contributed by atoms with van der Waals surface area (Å²) in [5, 5.41) is 0. The van der Waals surface area contributed by atoms with Crippen LogP contribution < -0.4 is 0 Å². The summed E-state index contributed by atoms with van der Waals surface area (Å²) in [7, 11) is 0. The predicted octanol–water partition coefficient (Wildman–Crippen LogP) is 2.42. The summed E-state index contributed by atoms with van der Waals surface area (Å²) in [6.07, 6.45) is 0. The van der Waals surface area contributed by atoms with Gasteiger partial charge >= 0.3 is 6.03 Å². The number of benzene rings is 1. The molecule has 0 radical (unpaired) electrons. The van der Waals surface area contributed by atoms with Gasteiger partial charge in [-0.3, -0.25) is 9.69 Å². The highest BCUT2D eigenvalue weighted by Crippen LogP contribution is 2.32. The number of carbonyl (C=O) groups is 2. The molecule has 0 N–H and O–H groups in total. The quantitative estimate of drug-likeness (QED) is 0.768. The molecule has 18 heavy (non-hydrogen) atoms. The van der Waals surface area contributed by atoms with Gasteiger partial charge in [-0.15, -0.1) is 0 Å². The molecule has 0 aromatic heterocycles. The molecule has 96 valence electrons. The molecule has 4 nitrogen and oxygen atoms in total. The molecule has 1 heterocycles. The van der Waals surface area contributed by atoms with Gasteiger partial charge in [-0.2, -0.15) is 0 Å². The Labute approximate surface area is 107 Å². The average Bonchev–Trinajstić information content (AvgIpc) is 2.61. The SMILES string of the molecule is CCN1C(=O)C(c2ccccc2)N(C(C)C)C1=O. The molecule has 1 aliphatic heterocycles. The molecule has 1 unspecified atom stereocenters. The van der Waals surface area contributed by atoms with Gasteiger partial charge in [0.05, 0.1) is 0 Å². The summed E-state index contributed by atoms with van der Waals surface area (Å²) < 4.78 is 0. The van der Waals surface area contributed by atoms with Crippen molar-refractivity contribution < 1.29 is 9.59 Å². The van der Waals surface area contributed by atoms with Crippen LogP contribution in [0.1, 0.15) is 32.4 Å². The number of carbonyl (C=O) groups excluding carboxylic acids is 2. The zero-order valence-corrected chi connectivity index (χ0v) is 11.0. The number of nitrogens with zero attached hydrogens (tertiary/aromatic N) is 2. The van der Waals surface area contributed by atoms with Crippen LogP contribution in [0, 0.1) is 0 Å². The van der Waals surface area contributed by atoms with E-state index in [0.29, 0.717) is 6.54 Å². The topological polar surface area (TPSA) is 40.6 Å². The first-order valence-electron chi connectivity index (χ1n) is 6.26. The zero-order chi connectivity index (χ0) is 13.3. The molecule has 0 bridgehead atoms. The maximum absolute atomic E-state index is 12.3. The molecule has 1 aromatic carbocycles. The maximum Gasteiger partial charge on any atom is 0.327 e. The first kappa shape index (κ1) is 12.6. The number of imide groups is 1. The molecule has 0 aliphatic carbocycles. The monoisotopic (exact) mass is 246 g/mol. The smallest absolute Gasteiger partial charge is 0.306 e. The fourth-order valence-corrected chi connectivity index (χ4v) is 2.36. The van der Waals surface area contributed by atoms with E-state index in [2.05, 4.69) is 0 Å². The summed E-state index contributed by atoms with van der Waals surface area (Å²) in [6.45, 7) is 6.10. The minimum Gasteiger partial charge on any atom is -0.306 e.